The molecule has 0 aromatic heterocycles. The molecule has 0 atom stereocenters. The number of rotatable bonds is 4. The molecule has 164 valence electrons. The Balaban J connectivity index is 1.33. The summed E-state index contributed by atoms with van der Waals surface area (Å²) in [4.78, 5) is 42.9. The zero-order valence-electron chi connectivity index (χ0n) is 17.5. The van der Waals surface area contributed by atoms with Gasteiger partial charge in [0.05, 0.1) is 11.6 Å². The summed E-state index contributed by atoms with van der Waals surface area (Å²) in [5.74, 6) is -1.58. The lowest BCUT2D eigenvalue weighted by molar-refractivity contribution is -0.158. The van der Waals surface area contributed by atoms with Crippen LogP contribution in [0.15, 0.2) is 48.5 Å². The van der Waals surface area contributed by atoms with E-state index in [1.807, 2.05) is 6.07 Å². The van der Waals surface area contributed by atoms with Gasteiger partial charge >= 0.3 is 11.8 Å². The Hall–Kier alpha value is -3.73. The van der Waals surface area contributed by atoms with Gasteiger partial charge in [0.1, 0.15) is 5.82 Å². The van der Waals surface area contributed by atoms with E-state index >= 15 is 0 Å². The summed E-state index contributed by atoms with van der Waals surface area (Å²) < 4.78 is 13.4. The number of hydrogen-bond acceptors (Lipinski definition) is 4. The van der Waals surface area contributed by atoms with Crippen LogP contribution < -0.4 is 0 Å². The summed E-state index contributed by atoms with van der Waals surface area (Å²) in [5.41, 5.74) is 1.67. The maximum atomic E-state index is 13.4. The summed E-state index contributed by atoms with van der Waals surface area (Å²) in [6, 6.07) is 14.5. The molecule has 0 unspecified atom stereocenters. The van der Waals surface area contributed by atoms with Crippen LogP contribution in [0.1, 0.15) is 34.3 Å². The molecule has 2 aromatic rings. The zero-order valence-corrected chi connectivity index (χ0v) is 17.5. The molecular formula is C24H23FN4O3. The Morgan fingerprint density at radius 1 is 1.00 bits per heavy atom. The van der Waals surface area contributed by atoms with Crippen molar-refractivity contribution in [3.8, 4) is 6.07 Å². The van der Waals surface area contributed by atoms with Crippen molar-refractivity contribution in [2.24, 2.45) is 0 Å². The summed E-state index contributed by atoms with van der Waals surface area (Å²) in [7, 11) is 0. The van der Waals surface area contributed by atoms with E-state index in [9.17, 15) is 18.8 Å². The van der Waals surface area contributed by atoms with Gasteiger partial charge < -0.3 is 14.7 Å². The van der Waals surface area contributed by atoms with E-state index < -0.39 is 11.8 Å². The molecule has 32 heavy (non-hydrogen) atoms. The Morgan fingerprint density at radius 2 is 1.72 bits per heavy atom. The minimum atomic E-state index is -0.573. The molecule has 0 N–H and O–H groups in total. The van der Waals surface area contributed by atoms with Crippen molar-refractivity contribution in [3.63, 3.8) is 0 Å². The first-order valence-corrected chi connectivity index (χ1v) is 10.6. The third-order valence-corrected chi connectivity index (χ3v) is 6.06. The minimum absolute atomic E-state index is 0.0900. The number of amides is 3. The van der Waals surface area contributed by atoms with Gasteiger partial charge in [-0.25, -0.2) is 4.39 Å². The summed E-state index contributed by atoms with van der Waals surface area (Å²) in [6.45, 7) is 2.01. The molecule has 2 saturated heterocycles. The van der Waals surface area contributed by atoms with Gasteiger partial charge in [0, 0.05) is 44.3 Å². The highest BCUT2D eigenvalue weighted by atomic mass is 19.1. The average molecular weight is 434 g/mol. The van der Waals surface area contributed by atoms with E-state index in [0.717, 1.165) is 0 Å². The standard InChI is InChI=1S/C24H23FN4O3/c25-20-3-1-2-18(14-20)16-28-12-13-29(24(32)23(28)31)21-8-10-27(11-9-21)22(30)19-6-4-17(15-26)5-7-19/h1-7,14,21H,8-13,16H2. The minimum Gasteiger partial charge on any atom is -0.338 e. The lowest BCUT2D eigenvalue weighted by atomic mass is 10.0. The lowest BCUT2D eigenvalue weighted by Crippen LogP contribution is -2.59. The quantitative estimate of drug-likeness (QED) is 0.691. The third-order valence-electron chi connectivity index (χ3n) is 6.06. The van der Waals surface area contributed by atoms with Gasteiger partial charge in [-0.2, -0.15) is 5.26 Å². The molecule has 0 bridgehead atoms. The predicted octanol–water partition coefficient (Wildman–Crippen LogP) is 2.17. The van der Waals surface area contributed by atoms with E-state index in [4.69, 9.17) is 5.26 Å². The Kier molecular flexibility index (Phi) is 6.17. The first kappa shape index (κ1) is 21.5. The smallest absolute Gasteiger partial charge is 0.312 e. The van der Waals surface area contributed by atoms with E-state index in [2.05, 4.69) is 0 Å². The number of nitriles is 1. The highest BCUT2D eigenvalue weighted by Crippen LogP contribution is 2.22. The molecule has 4 rings (SSSR count). The van der Waals surface area contributed by atoms with Gasteiger partial charge in [0.25, 0.3) is 5.91 Å². The van der Waals surface area contributed by atoms with Gasteiger partial charge in [-0.3, -0.25) is 14.4 Å². The first-order valence-electron chi connectivity index (χ1n) is 10.6. The van der Waals surface area contributed by atoms with Crippen LogP contribution in [-0.4, -0.2) is 64.6 Å². The van der Waals surface area contributed by atoms with Crippen LogP contribution in [0, 0.1) is 17.1 Å². The fourth-order valence-corrected chi connectivity index (χ4v) is 4.30. The van der Waals surface area contributed by atoms with Crippen LogP contribution in [0.3, 0.4) is 0 Å². The second-order valence-corrected chi connectivity index (χ2v) is 8.07. The molecule has 2 aliphatic heterocycles. The average Bonchev–Trinajstić information content (AvgIpc) is 2.82. The van der Waals surface area contributed by atoms with E-state index in [-0.39, 0.29) is 24.3 Å². The zero-order chi connectivity index (χ0) is 22.7. The number of likely N-dealkylation sites (tertiary alicyclic amines) is 1. The van der Waals surface area contributed by atoms with E-state index in [1.165, 1.54) is 17.0 Å². The molecule has 3 amide bonds. The van der Waals surface area contributed by atoms with Crippen molar-refractivity contribution < 1.29 is 18.8 Å². The first-order chi connectivity index (χ1) is 15.5. The van der Waals surface area contributed by atoms with Gasteiger partial charge in [-0.15, -0.1) is 0 Å². The van der Waals surface area contributed by atoms with Gasteiger partial charge in [0.15, 0.2) is 0 Å². The maximum absolute atomic E-state index is 13.4. The maximum Gasteiger partial charge on any atom is 0.312 e. The van der Waals surface area contributed by atoms with Crippen molar-refractivity contribution in [3.05, 3.63) is 71.0 Å². The van der Waals surface area contributed by atoms with E-state index in [0.29, 0.717) is 55.7 Å². The van der Waals surface area contributed by atoms with Crippen molar-refractivity contribution in [2.45, 2.75) is 25.4 Å². The monoisotopic (exact) mass is 434 g/mol. The molecule has 2 aliphatic rings. The number of nitrogens with zero attached hydrogens (tertiary/aromatic N) is 4. The second kappa shape index (κ2) is 9.18. The molecule has 2 heterocycles. The van der Waals surface area contributed by atoms with Crippen molar-refractivity contribution in [1.82, 2.24) is 14.7 Å². The van der Waals surface area contributed by atoms with Crippen LogP contribution in [0.5, 0.6) is 0 Å². The number of hydrogen-bond donors (Lipinski definition) is 0. The molecule has 0 spiro atoms. The second-order valence-electron chi connectivity index (χ2n) is 8.07. The van der Waals surface area contributed by atoms with E-state index in [1.54, 1.807) is 46.2 Å². The highest BCUT2D eigenvalue weighted by Gasteiger charge is 2.38. The summed E-state index contributed by atoms with van der Waals surface area (Å²) in [6.07, 6.45) is 1.20. The fourth-order valence-electron chi connectivity index (χ4n) is 4.30. The van der Waals surface area contributed by atoms with Gasteiger partial charge in [0.2, 0.25) is 0 Å². The van der Waals surface area contributed by atoms with Crippen LogP contribution in [-0.2, 0) is 16.1 Å². The molecule has 8 heteroatoms. The Labute approximate surface area is 185 Å². The van der Waals surface area contributed by atoms with Crippen molar-refractivity contribution >= 4 is 17.7 Å². The number of carbonyl (C=O) groups is 3. The third kappa shape index (κ3) is 4.47. The molecule has 7 nitrogen and oxygen atoms in total. The van der Waals surface area contributed by atoms with Crippen molar-refractivity contribution in [2.75, 3.05) is 26.2 Å². The van der Waals surface area contributed by atoms with Gasteiger partial charge in [-0.05, 0) is 54.8 Å². The molecule has 0 radical (unpaired) electrons. The SMILES string of the molecule is N#Cc1ccc(C(=O)N2CCC(N3CCN(Cc4cccc(F)c4)C(=O)C3=O)CC2)cc1. The topological polar surface area (TPSA) is 84.7 Å². The highest BCUT2D eigenvalue weighted by molar-refractivity contribution is 6.35. The number of halogens is 1. The number of piperazine rings is 1. The number of carbonyl (C=O) groups excluding carboxylic acids is 3. The van der Waals surface area contributed by atoms with Crippen LogP contribution in [0.2, 0.25) is 0 Å². The largest absolute Gasteiger partial charge is 0.338 e. The normalized spacial score (nSPS) is 17.4. The van der Waals surface area contributed by atoms with Crippen molar-refractivity contribution in [1.29, 1.82) is 5.26 Å². The molecule has 2 aromatic carbocycles. The summed E-state index contributed by atoms with van der Waals surface area (Å²) in [5, 5.41) is 8.89. The van der Waals surface area contributed by atoms with Crippen LogP contribution in [0.25, 0.3) is 0 Å². The van der Waals surface area contributed by atoms with Crippen LogP contribution >= 0.6 is 0 Å². The Bertz CT molecular complexity index is 1070. The van der Waals surface area contributed by atoms with Crippen LogP contribution in [0.4, 0.5) is 4.39 Å². The number of benzene rings is 2. The Morgan fingerprint density at radius 3 is 2.38 bits per heavy atom. The van der Waals surface area contributed by atoms with Gasteiger partial charge in [-0.1, -0.05) is 12.1 Å². The summed E-state index contributed by atoms with van der Waals surface area (Å²) >= 11 is 0. The molecule has 0 saturated carbocycles. The number of piperidine rings is 1. The lowest BCUT2D eigenvalue weighted by Gasteiger charge is -2.42. The molecular weight excluding hydrogens is 411 g/mol. The molecule has 2 fully saturated rings. The fraction of sp³-hybridized carbons (Fsp3) is 0.333. The molecule has 0 aliphatic carbocycles. The predicted molar refractivity (Wildman–Crippen MR) is 114 cm³/mol.